The Morgan fingerprint density at radius 3 is 2.81 bits per heavy atom. The molecule has 1 aromatic rings. The van der Waals surface area contributed by atoms with Crippen LogP contribution in [0.2, 0.25) is 0 Å². The topological polar surface area (TPSA) is 43.0 Å². The highest BCUT2D eigenvalue weighted by Gasteiger charge is 2.21. The third kappa shape index (κ3) is 4.09. The van der Waals surface area contributed by atoms with Crippen molar-refractivity contribution in [1.29, 1.82) is 0 Å². The van der Waals surface area contributed by atoms with Gasteiger partial charge in [-0.05, 0) is 32.2 Å². The summed E-state index contributed by atoms with van der Waals surface area (Å²) in [4.78, 5) is 2.29. The normalized spacial score (nSPS) is 20.3. The summed E-state index contributed by atoms with van der Waals surface area (Å²) in [6, 6.07) is 6.14. The molecule has 1 N–H and O–H groups in total. The van der Waals surface area contributed by atoms with Crippen molar-refractivity contribution in [2.45, 2.75) is 19.1 Å². The molecule has 1 saturated heterocycles. The lowest BCUT2D eigenvalue weighted by Gasteiger charge is -2.32. The van der Waals surface area contributed by atoms with E-state index in [9.17, 15) is 0 Å². The maximum absolute atomic E-state index is 5.78. The van der Waals surface area contributed by atoms with Crippen LogP contribution in [0.25, 0.3) is 0 Å². The third-order valence-electron chi connectivity index (χ3n) is 4.04. The van der Waals surface area contributed by atoms with Crippen molar-refractivity contribution in [2.24, 2.45) is 0 Å². The molecular formula is C16H26N2O3. The summed E-state index contributed by atoms with van der Waals surface area (Å²) < 4.78 is 16.6. The number of likely N-dealkylation sites (N-methyl/N-ethyl adjacent to an activating group) is 1. The SMILES string of the molecule is COc1ccc(OC)c(C(C)N(C)CC2CNCCO2)c1. The molecule has 1 heterocycles. The molecule has 1 aliphatic heterocycles. The van der Waals surface area contributed by atoms with Gasteiger partial charge in [-0.2, -0.15) is 0 Å². The van der Waals surface area contributed by atoms with Gasteiger partial charge in [0.1, 0.15) is 11.5 Å². The van der Waals surface area contributed by atoms with Crippen LogP contribution in [0, 0.1) is 0 Å². The first-order valence-electron chi connectivity index (χ1n) is 7.40. The van der Waals surface area contributed by atoms with Crippen molar-refractivity contribution in [3.8, 4) is 11.5 Å². The van der Waals surface area contributed by atoms with E-state index in [2.05, 4.69) is 24.2 Å². The first-order valence-corrected chi connectivity index (χ1v) is 7.40. The molecule has 0 saturated carbocycles. The van der Waals surface area contributed by atoms with Crippen molar-refractivity contribution in [3.63, 3.8) is 0 Å². The summed E-state index contributed by atoms with van der Waals surface area (Å²) in [5.74, 6) is 1.74. The van der Waals surface area contributed by atoms with Gasteiger partial charge in [-0.1, -0.05) is 0 Å². The zero-order valence-electron chi connectivity index (χ0n) is 13.4. The average molecular weight is 294 g/mol. The van der Waals surface area contributed by atoms with Gasteiger partial charge in [-0.25, -0.2) is 0 Å². The van der Waals surface area contributed by atoms with E-state index in [4.69, 9.17) is 14.2 Å². The molecule has 1 fully saturated rings. The van der Waals surface area contributed by atoms with Gasteiger partial charge in [0.05, 0.1) is 26.9 Å². The van der Waals surface area contributed by atoms with E-state index in [-0.39, 0.29) is 12.1 Å². The Kier molecular flexibility index (Phi) is 5.85. The smallest absolute Gasteiger partial charge is 0.123 e. The van der Waals surface area contributed by atoms with Gasteiger partial charge < -0.3 is 19.5 Å². The van der Waals surface area contributed by atoms with E-state index < -0.39 is 0 Å². The Labute approximate surface area is 127 Å². The zero-order chi connectivity index (χ0) is 15.2. The van der Waals surface area contributed by atoms with Crippen LogP contribution in [-0.2, 0) is 4.74 Å². The fourth-order valence-electron chi connectivity index (χ4n) is 2.62. The van der Waals surface area contributed by atoms with Gasteiger partial charge in [0.25, 0.3) is 0 Å². The second-order valence-electron chi connectivity index (χ2n) is 5.42. The zero-order valence-corrected chi connectivity index (χ0v) is 13.4. The van der Waals surface area contributed by atoms with Crippen molar-refractivity contribution in [2.75, 3.05) is 47.5 Å². The summed E-state index contributed by atoms with van der Waals surface area (Å²) in [5.41, 5.74) is 1.13. The van der Waals surface area contributed by atoms with Crippen LogP contribution in [0.3, 0.4) is 0 Å². The summed E-state index contributed by atoms with van der Waals surface area (Å²) in [5, 5.41) is 3.36. The van der Waals surface area contributed by atoms with Gasteiger partial charge in [0, 0.05) is 31.2 Å². The standard InChI is InChI=1S/C16H26N2O3/c1-12(18(2)11-14-10-17-7-8-21-14)15-9-13(19-3)5-6-16(15)20-4/h5-6,9,12,14,17H,7-8,10-11H2,1-4H3. The lowest BCUT2D eigenvalue weighted by Crippen LogP contribution is -2.44. The molecule has 2 atom stereocenters. The fourth-order valence-corrected chi connectivity index (χ4v) is 2.62. The minimum atomic E-state index is 0.223. The van der Waals surface area contributed by atoms with Crippen LogP contribution in [0.5, 0.6) is 11.5 Å². The molecule has 0 spiro atoms. The predicted octanol–water partition coefficient (Wildman–Crippen LogP) is 1.68. The van der Waals surface area contributed by atoms with Crippen molar-refractivity contribution < 1.29 is 14.2 Å². The molecule has 0 aliphatic carbocycles. The monoisotopic (exact) mass is 294 g/mol. The Balaban J connectivity index is 2.08. The molecule has 21 heavy (non-hydrogen) atoms. The van der Waals surface area contributed by atoms with E-state index in [1.165, 1.54) is 0 Å². The Morgan fingerprint density at radius 2 is 2.19 bits per heavy atom. The van der Waals surface area contributed by atoms with Crippen molar-refractivity contribution in [1.82, 2.24) is 10.2 Å². The molecule has 2 rings (SSSR count). The largest absolute Gasteiger partial charge is 0.497 e. The highest BCUT2D eigenvalue weighted by molar-refractivity contribution is 5.42. The number of hydrogen-bond acceptors (Lipinski definition) is 5. The van der Waals surface area contributed by atoms with Gasteiger partial charge in [-0.3, -0.25) is 4.90 Å². The molecule has 0 amide bonds. The van der Waals surface area contributed by atoms with E-state index in [1.54, 1.807) is 14.2 Å². The average Bonchev–Trinajstić information content (AvgIpc) is 2.54. The number of benzene rings is 1. The van der Waals surface area contributed by atoms with Gasteiger partial charge in [0.15, 0.2) is 0 Å². The van der Waals surface area contributed by atoms with Gasteiger partial charge >= 0.3 is 0 Å². The molecule has 0 aromatic heterocycles. The minimum Gasteiger partial charge on any atom is -0.497 e. The molecular weight excluding hydrogens is 268 g/mol. The molecule has 0 radical (unpaired) electrons. The van der Waals surface area contributed by atoms with E-state index >= 15 is 0 Å². The second kappa shape index (κ2) is 7.64. The number of nitrogens with zero attached hydrogens (tertiary/aromatic N) is 1. The van der Waals surface area contributed by atoms with Crippen LogP contribution in [0.1, 0.15) is 18.5 Å². The number of ether oxygens (including phenoxy) is 3. The lowest BCUT2D eigenvalue weighted by atomic mass is 10.0. The number of rotatable bonds is 6. The van der Waals surface area contributed by atoms with Crippen molar-refractivity contribution in [3.05, 3.63) is 23.8 Å². The van der Waals surface area contributed by atoms with Crippen LogP contribution in [0.15, 0.2) is 18.2 Å². The highest BCUT2D eigenvalue weighted by Crippen LogP contribution is 2.32. The number of methoxy groups -OCH3 is 2. The number of morpholine rings is 1. The summed E-state index contributed by atoms with van der Waals surface area (Å²) in [7, 11) is 5.50. The summed E-state index contributed by atoms with van der Waals surface area (Å²) in [6.07, 6.45) is 0.239. The third-order valence-corrected chi connectivity index (χ3v) is 4.04. The van der Waals surface area contributed by atoms with E-state index in [0.29, 0.717) is 0 Å². The van der Waals surface area contributed by atoms with Gasteiger partial charge in [0.2, 0.25) is 0 Å². The lowest BCUT2D eigenvalue weighted by molar-refractivity contribution is 0.00377. The highest BCUT2D eigenvalue weighted by atomic mass is 16.5. The van der Waals surface area contributed by atoms with Crippen LogP contribution >= 0.6 is 0 Å². The maximum atomic E-state index is 5.78. The van der Waals surface area contributed by atoms with Crippen LogP contribution < -0.4 is 14.8 Å². The number of hydrogen-bond donors (Lipinski definition) is 1. The Hall–Kier alpha value is -1.30. The molecule has 1 aromatic carbocycles. The predicted molar refractivity (Wildman–Crippen MR) is 83.2 cm³/mol. The van der Waals surface area contributed by atoms with E-state index in [1.807, 2.05) is 18.2 Å². The quantitative estimate of drug-likeness (QED) is 0.865. The second-order valence-corrected chi connectivity index (χ2v) is 5.42. The molecule has 0 bridgehead atoms. The summed E-state index contributed by atoms with van der Waals surface area (Å²) >= 11 is 0. The molecule has 2 unspecified atom stereocenters. The Bertz CT molecular complexity index is 447. The first kappa shape index (κ1) is 16.1. The van der Waals surface area contributed by atoms with E-state index in [0.717, 1.165) is 43.3 Å². The van der Waals surface area contributed by atoms with Crippen LogP contribution in [0.4, 0.5) is 0 Å². The molecule has 5 nitrogen and oxygen atoms in total. The Morgan fingerprint density at radius 1 is 1.38 bits per heavy atom. The fraction of sp³-hybridized carbons (Fsp3) is 0.625. The molecule has 5 heteroatoms. The van der Waals surface area contributed by atoms with Crippen LogP contribution in [-0.4, -0.2) is 58.5 Å². The van der Waals surface area contributed by atoms with Crippen molar-refractivity contribution >= 4 is 0 Å². The first-order chi connectivity index (χ1) is 10.2. The molecule has 1 aliphatic rings. The van der Waals surface area contributed by atoms with Gasteiger partial charge in [-0.15, -0.1) is 0 Å². The summed E-state index contributed by atoms with van der Waals surface area (Å²) in [6.45, 7) is 5.70. The maximum Gasteiger partial charge on any atom is 0.123 e. The minimum absolute atomic E-state index is 0.223. The number of nitrogens with one attached hydrogen (secondary N) is 1. The molecule has 118 valence electrons.